The molecule has 0 unspecified atom stereocenters. The molecule has 0 bridgehead atoms. The topological polar surface area (TPSA) is 37.3 Å². The van der Waals surface area contributed by atoms with Gasteiger partial charge in [0, 0.05) is 4.47 Å². The predicted octanol–water partition coefficient (Wildman–Crippen LogP) is 3.02. The normalized spacial score (nSPS) is 10.6. The van der Waals surface area contributed by atoms with E-state index < -0.39 is 5.97 Å². The second-order valence-corrected chi connectivity index (χ2v) is 3.82. The largest absolute Gasteiger partial charge is 0.481 e. The lowest BCUT2D eigenvalue weighted by atomic mass is 10.1. The van der Waals surface area contributed by atoms with Gasteiger partial charge in [-0.25, -0.2) is 0 Å². The van der Waals surface area contributed by atoms with Gasteiger partial charge in [-0.1, -0.05) is 40.2 Å². The average Bonchev–Trinajstić information content (AvgIpc) is 2.12. The van der Waals surface area contributed by atoms with Crippen molar-refractivity contribution in [2.75, 3.05) is 0 Å². The van der Waals surface area contributed by atoms with E-state index in [1.165, 1.54) is 5.56 Å². The van der Waals surface area contributed by atoms with Crippen molar-refractivity contribution >= 4 is 21.9 Å². The van der Waals surface area contributed by atoms with E-state index in [1.807, 2.05) is 30.3 Å². The lowest BCUT2D eigenvalue weighted by Crippen LogP contribution is -1.90. The molecule has 0 aliphatic carbocycles. The van der Waals surface area contributed by atoms with Gasteiger partial charge >= 0.3 is 5.97 Å². The minimum Gasteiger partial charge on any atom is -0.481 e. The summed E-state index contributed by atoms with van der Waals surface area (Å²) < 4.78 is 1.04. The van der Waals surface area contributed by atoms with Crippen molar-refractivity contribution in [1.29, 1.82) is 0 Å². The van der Waals surface area contributed by atoms with Crippen LogP contribution in [0.5, 0.6) is 0 Å². The Balaban J connectivity index is 2.45. The van der Waals surface area contributed by atoms with Crippen LogP contribution in [0.15, 0.2) is 40.9 Å². The molecule has 0 heterocycles. The van der Waals surface area contributed by atoms with Crippen LogP contribution in [0.25, 0.3) is 0 Å². The fraction of sp³-hybridized carbons (Fsp3) is 0.182. The summed E-state index contributed by atoms with van der Waals surface area (Å²) in [5.41, 5.74) is 1.17. The van der Waals surface area contributed by atoms with Gasteiger partial charge in [-0.05, 0) is 24.1 Å². The van der Waals surface area contributed by atoms with Crippen molar-refractivity contribution in [3.63, 3.8) is 0 Å². The van der Waals surface area contributed by atoms with Gasteiger partial charge in [-0.15, -0.1) is 0 Å². The standard InChI is InChI=1S/C11H11BrO2/c12-10-6-3-5-9(8-10)4-1-2-7-11(13)14/h1-3,5-6,8H,4,7H2,(H,13,14)/b2-1-. The van der Waals surface area contributed by atoms with E-state index in [1.54, 1.807) is 6.08 Å². The first-order chi connectivity index (χ1) is 6.68. The monoisotopic (exact) mass is 254 g/mol. The Morgan fingerprint density at radius 2 is 2.21 bits per heavy atom. The molecule has 0 aromatic heterocycles. The van der Waals surface area contributed by atoms with Gasteiger partial charge in [0.05, 0.1) is 6.42 Å². The van der Waals surface area contributed by atoms with Crippen LogP contribution in [0.3, 0.4) is 0 Å². The maximum absolute atomic E-state index is 10.2. The Hall–Kier alpha value is -1.09. The molecule has 1 aromatic rings. The maximum atomic E-state index is 10.2. The number of hydrogen-bond acceptors (Lipinski definition) is 1. The Morgan fingerprint density at radius 1 is 1.43 bits per heavy atom. The highest BCUT2D eigenvalue weighted by Crippen LogP contribution is 2.12. The molecule has 0 amide bonds. The van der Waals surface area contributed by atoms with E-state index in [2.05, 4.69) is 15.9 Å². The molecule has 1 rings (SSSR count). The molecule has 2 nitrogen and oxygen atoms in total. The minimum atomic E-state index is -0.796. The van der Waals surface area contributed by atoms with Gasteiger partial charge < -0.3 is 5.11 Å². The molecular weight excluding hydrogens is 244 g/mol. The second-order valence-electron chi connectivity index (χ2n) is 2.90. The molecule has 0 saturated carbocycles. The number of carboxylic acids is 1. The highest BCUT2D eigenvalue weighted by atomic mass is 79.9. The molecule has 0 atom stereocenters. The Bertz CT molecular complexity index is 345. The Morgan fingerprint density at radius 3 is 2.86 bits per heavy atom. The van der Waals surface area contributed by atoms with Gasteiger partial charge in [0.1, 0.15) is 0 Å². The summed E-state index contributed by atoms with van der Waals surface area (Å²) in [7, 11) is 0. The number of hydrogen-bond donors (Lipinski definition) is 1. The van der Waals surface area contributed by atoms with Crippen molar-refractivity contribution in [2.24, 2.45) is 0 Å². The first kappa shape index (κ1) is 11.0. The summed E-state index contributed by atoms with van der Waals surface area (Å²) >= 11 is 3.38. The Kier molecular flexibility index (Phi) is 4.40. The molecule has 0 aliphatic rings. The fourth-order valence-electron chi connectivity index (χ4n) is 1.07. The predicted molar refractivity (Wildman–Crippen MR) is 59.2 cm³/mol. The summed E-state index contributed by atoms with van der Waals surface area (Å²) in [6, 6.07) is 7.95. The second kappa shape index (κ2) is 5.60. The SMILES string of the molecule is O=C(O)C/C=C\Cc1cccc(Br)c1. The highest BCUT2D eigenvalue weighted by molar-refractivity contribution is 9.10. The fourth-order valence-corrected chi connectivity index (χ4v) is 1.51. The van der Waals surface area contributed by atoms with E-state index in [0.29, 0.717) is 0 Å². The van der Waals surface area contributed by atoms with Crippen molar-refractivity contribution in [1.82, 2.24) is 0 Å². The van der Waals surface area contributed by atoms with Crippen LogP contribution in [-0.2, 0) is 11.2 Å². The zero-order valence-corrected chi connectivity index (χ0v) is 9.20. The number of carboxylic acid groups (broad SMARTS) is 1. The van der Waals surface area contributed by atoms with Gasteiger partial charge in [0.2, 0.25) is 0 Å². The van der Waals surface area contributed by atoms with Crippen LogP contribution in [0.2, 0.25) is 0 Å². The molecule has 74 valence electrons. The number of benzene rings is 1. The van der Waals surface area contributed by atoms with Crippen molar-refractivity contribution < 1.29 is 9.90 Å². The van der Waals surface area contributed by atoms with E-state index in [0.717, 1.165) is 10.9 Å². The van der Waals surface area contributed by atoms with E-state index in [9.17, 15) is 4.79 Å². The van der Waals surface area contributed by atoms with Crippen molar-refractivity contribution in [3.05, 3.63) is 46.5 Å². The number of rotatable bonds is 4. The summed E-state index contributed by atoms with van der Waals surface area (Å²) in [5.74, 6) is -0.796. The molecule has 0 aliphatic heterocycles. The quantitative estimate of drug-likeness (QED) is 0.839. The van der Waals surface area contributed by atoms with Crippen molar-refractivity contribution in [3.8, 4) is 0 Å². The van der Waals surface area contributed by atoms with Crippen LogP contribution in [0, 0.1) is 0 Å². The van der Waals surface area contributed by atoms with Gasteiger partial charge in [-0.3, -0.25) is 4.79 Å². The van der Waals surface area contributed by atoms with E-state index in [4.69, 9.17) is 5.11 Å². The lowest BCUT2D eigenvalue weighted by molar-refractivity contribution is -0.136. The lowest BCUT2D eigenvalue weighted by Gasteiger charge is -1.96. The number of halogens is 1. The molecule has 1 N–H and O–H groups in total. The van der Waals surface area contributed by atoms with E-state index >= 15 is 0 Å². The number of aliphatic carboxylic acids is 1. The van der Waals surface area contributed by atoms with Gasteiger partial charge in [0.25, 0.3) is 0 Å². The maximum Gasteiger partial charge on any atom is 0.307 e. The molecular formula is C11H11BrO2. The minimum absolute atomic E-state index is 0.0913. The third kappa shape index (κ3) is 4.23. The van der Waals surface area contributed by atoms with Crippen LogP contribution in [-0.4, -0.2) is 11.1 Å². The summed E-state index contributed by atoms with van der Waals surface area (Å²) in [5, 5.41) is 8.40. The van der Waals surface area contributed by atoms with Crippen LogP contribution >= 0.6 is 15.9 Å². The Labute approximate surface area is 91.4 Å². The summed E-state index contributed by atoms with van der Waals surface area (Å²) in [6.45, 7) is 0. The highest BCUT2D eigenvalue weighted by Gasteiger charge is 1.92. The molecule has 14 heavy (non-hydrogen) atoms. The first-order valence-electron chi connectivity index (χ1n) is 4.30. The molecule has 0 radical (unpaired) electrons. The number of allylic oxidation sites excluding steroid dienone is 1. The summed E-state index contributed by atoms with van der Waals surface area (Å²) in [4.78, 5) is 10.2. The molecule has 0 fully saturated rings. The zero-order valence-electron chi connectivity index (χ0n) is 7.61. The van der Waals surface area contributed by atoms with Gasteiger partial charge in [0.15, 0.2) is 0 Å². The van der Waals surface area contributed by atoms with Crippen LogP contribution in [0.4, 0.5) is 0 Å². The molecule has 1 aromatic carbocycles. The third-order valence-corrected chi connectivity index (χ3v) is 2.19. The first-order valence-corrected chi connectivity index (χ1v) is 5.09. The van der Waals surface area contributed by atoms with Crippen molar-refractivity contribution in [2.45, 2.75) is 12.8 Å². The van der Waals surface area contributed by atoms with Crippen LogP contribution < -0.4 is 0 Å². The van der Waals surface area contributed by atoms with E-state index in [-0.39, 0.29) is 6.42 Å². The smallest absolute Gasteiger partial charge is 0.307 e. The third-order valence-electron chi connectivity index (χ3n) is 1.70. The molecule has 0 spiro atoms. The van der Waals surface area contributed by atoms with Crippen LogP contribution in [0.1, 0.15) is 12.0 Å². The van der Waals surface area contributed by atoms with Gasteiger partial charge in [-0.2, -0.15) is 0 Å². The zero-order chi connectivity index (χ0) is 10.4. The number of carbonyl (C=O) groups is 1. The molecule has 0 saturated heterocycles. The summed E-state index contributed by atoms with van der Waals surface area (Å²) in [6.07, 6.45) is 4.40. The molecule has 3 heteroatoms. The average molecular weight is 255 g/mol.